The fraction of sp³-hybridized carbons (Fsp3) is 0.300. The molecule has 2 aromatic carbocycles. The first-order chi connectivity index (χ1) is 13.8. The van der Waals surface area contributed by atoms with Gasteiger partial charge in [0.15, 0.2) is 0 Å². The molecule has 0 aliphatic carbocycles. The topological polar surface area (TPSA) is 99.1 Å². The molecule has 2 rings (SSSR count). The summed E-state index contributed by atoms with van der Waals surface area (Å²) in [7, 11) is -4.21. The van der Waals surface area contributed by atoms with Crippen molar-refractivity contribution in [2.24, 2.45) is 0 Å². The minimum Gasteiger partial charge on any atom is -0.348 e. The Morgan fingerprint density at radius 1 is 1.21 bits per heavy atom. The van der Waals surface area contributed by atoms with E-state index in [2.05, 4.69) is 10.0 Å². The summed E-state index contributed by atoms with van der Waals surface area (Å²) in [6, 6.07) is 12.3. The van der Waals surface area contributed by atoms with Crippen LogP contribution in [0.1, 0.15) is 30.5 Å². The van der Waals surface area contributed by atoms with E-state index in [9.17, 15) is 17.6 Å². The van der Waals surface area contributed by atoms with E-state index in [0.717, 1.165) is 17.7 Å². The summed E-state index contributed by atoms with van der Waals surface area (Å²) >= 11 is 1.47. The molecule has 9 heteroatoms. The molecule has 2 unspecified atom stereocenters. The van der Waals surface area contributed by atoms with Gasteiger partial charge in [-0.1, -0.05) is 24.3 Å². The van der Waals surface area contributed by atoms with Gasteiger partial charge in [0, 0.05) is 0 Å². The van der Waals surface area contributed by atoms with Crippen molar-refractivity contribution >= 4 is 27.7 Å². The van der Waals surface area contributed by atoms with Gasteiger partial charge in [-0.25, -0.2) is 12.8 Å². The summed E-state index contributed by atoms with van der Waals surface area (Å²) in [5.41, 5.74) is 1.28. The average Bonchev–Trinajstić information content (AvgIpc) is 2.71. The monoisotopic (exact) mass is 435 g/mol. The molecule has 0 saturated carbocycles. The lowest BCUT2D eigenvalue weighted by atomic mass is 10.1. The highest BCUT2D eigenvalue weighted by Gasteiger charge is 2.28. The third-order valence-corrected chi connectivity index (χ3v) is 6.40. The second-order valence-corrected chi connectivity index (χ2v) is 9.02. The van der Waals surface area contributed by atoms with Crippen LogP contribution in [0.5, 0.6) is 0 Å². The molecule has 0 spiro atoms. The maximum absolute atomic E-state index is 13.9. The largest absolute Gasteiger partial charge is 0.348 e. The Morgan fingerprint density at radius 3 is 2.45 bits per heavy atom. The molecule has 0 fully saturated rings. The molecule has 2 aromatic rings. The van der Waals surface area contributed by atoms with Gasteiger partial charge in [0.25, 0.3) is 0 Å². The van der Waals surface area contributed by atoms with Crippen LogP contribution in [0.3, 0.4) is 0 Å². The summed E-state index contributed by atoms with van der Waals surface area (Å²) in [6.45, 7) is 1.76. The number of sulfonamides is 1. The zero-order chi connectivity index (χ0) is 21.4. The Bertz CT molecular complexity index is 989. The summed E-state index contributed by atoms with van der Waals surface area (Å²) < 4.78 is 41.4. The van der Waals surface area contributed by atoms with Crippen LogP contribution in [-0.4, -0.2) is 32.4 Å². The highest BCUT2D eigenvalue weighted by molar-refractivity contribution is 7.98. The van der Waals surface area contributed by atoms with Gasteiger partial charge in [0.1, 0.15) is 16.8 Å². The minimum absolute atomic E-state index is 0.251. The van der Waals surface area contributed by atoms with Crippen molar-refractivity contribution in [3.05, 3.63) is 65.5 Å². The van der Waals surface area contributed by atoms with Gasteiger partial charge in [-0.3, -0.25) is 4.79 Å². The van der Waals surface area contributed by atoms with Crippen molar-refractivity contribution in [2.45, 2.75) is 30.3 Å². The Morgan fingerprint density at radius 2 is 1.86 bits per heavy atom. The minimum atomic E-state index is -4.21. The fourth-order valence-corrected chi connectivity index (χ4v) is 4.42. The molecular formula is C20H22FN3O3S2. The fourth-order valence-electron chi connectivity index (χ4n) is 2.64. The van der Waals surface area contributed by atoms with Gasteiger partial charge >= 0.3 is 0 Å². The highest BCUT2D eigenvalue weighted by atomic mass is 32.2. The SMILES string of the molecule is CSCCC(NS(=O)(=O)c1ccccc1F)C(=O)NC(C)c1ccc(C#N)cc1. The second-order valence-electron chi connectivity index (χ2n) is 6.35. The quantitative estimate of drug-likeness (QED) is 0.631. The number of carbonyl (C=O) groups is 1. The number of halogens is 1. The molecule has 2 N–H and O–H groups in total. The number of nitriles is 1. The number of thioether (sulfide) groups is 1. The molecule has 0 bridgehead atoms. The maximum Gasteiger partial charge on any atom is 0.244 e. The van der Waals surface area contributed by atoms with Gasteiger partial charge in [-0.2, -0.15) is 21.7 Å². The molecular weight excluding hydrogens is 413 g/mol. The molecule has 154 valence electrons. The van der Waals surface area contributed by atoms with E-state index in [1.54, 1.807) is 31.2 Å². The number of nitrogens with one attached hydrogen (secondary N) is 2. The lowest BCUT2D eigenvalue weighted by Gasteiger charge is -2.21. The first-order valence-electron chi connectivity index (χ1n) is 8.84. The maximum atomic E-state index is 13.9. The van der Waals surface area contributed by atoms with Crippen LogP contribution in [0, 0.1) is 17.1 Å². The van der Waals surface area contributed by atoms with Crippen LogP contribution < -0.4 is 10.0 Å². The smallest absolute Gasteiger partial charge is 0.244 e. The number of benzene rings is 2. The standard InChI is InChI=1S/C20H22FN3O3S2/c1-14(16-9-7-15(13-22)8-10-16)23-20(25)18(11-12-28-2)24-29(26,27)19-6-4-3-5-17(19)21/h3-10,14,18,24H,11-12H2,1-2H3,(H,23,25). The van der Waals surface area contributed by atoms with Crippen molar-refractivity contribution < 1.29 is 17.6 Å². The average molecular weight is 436 g/mol. The summed E-state index contributed by atoms with van der Waals surface area (Å²) in [5, 5.41) is 11.7. The summed E-state index contributed by atoms with van der Waals surface area (Å²) in [5.74, 6) is -0.839. The molecule has 0 aromatic heterocycles. The third-order valence-electron chi connectivity index (χ3n) is 4.25. The molecule has 0 heterocycles. The Labute approximate surface area is 174 Å². The Balaban J connectivity index is 2.16. The number of nitrogens with zero attached hydrogens (tertiary/aromatic N) is 1. The first kappa shape index (κ1) is 22.9. The predicted molar refractivity (Wildman–Crippen MR) is 111 cm³/mol. The van der Waals surface area contributed by atoms with Crippen molar-refractivity contribution in [1.82, 2.24) is 10.0 Å². The molecule has 1 amide bonds. The van der Waals surface area contributed by atoms with E-state index in [0.29, 0.717) is 11.3 Å². The highest BCUT2D eigenvalue weighted by Crippen LogP contribution is 2.17. The van der Waals surface area contributed by atoms with Gasteiger partial charge in [-0.05, 0) is 55.2 Å². The molecule has 29 heavy (non-hydrogen) atoms. The van der Waals surface area contributed by atoms with Crippen LogP contribution in [0.4, 0.5) is 4.39 Å². The van der Waals surface area contributed by atoms with Crippen LogP contribution in [-0.2, 0) is 14.8 Å². The van der Waals surface area contributed by atoms with Crippen LogP contribution in [0.15, 0.2) is 53.4 Å². The van der Waals surface area contributed by atoms with E-state index in [-0.39, 0.29) is 6.42 Å². The summed E-state index contributed by atoms with van der Waals surface area (Å²) in [4.78, 5) is 12.3. The van der Waals surface area contributed by atoms with E-state index in [1.165, 1.54) is 23.9 Å². The zero-order valence-electron chi connectivity index (χ0n) is 16.1. The van der Waals surface area contributed by atoms with Crippen LogP contribution >= 0.6 is 11.8 Å². The number of amides is 1. The third kappa shape index (κ3) is 6.29. The van der Waals surface area contributed by atoms with Crippen LogP contribution in [0.25, 0.3) is 0 Å². The second kappa shape index (κ2) is 10.4. The van der Waals surface area contributed by atoms with Crippen molar-refractivity contribution in [2.75, 3.05) is 12.0 Å². The van der Waals surface area contributed by atoms with Crippen molar-refractivity contribution in [3.8, 4) is 6.07 Å². The molecule has 0 aliphatic rings. The van der Waals surface area contributed by atoms with E-state index < -0.39 is 38.7 Å². The van der Waals surface area contributed by atoms with Crippen molar-refractivity contribution in [3.63, 3.8) is 0 Å². The lowest BCUT2D eigenvalue weighted by Crippen LogP contribution is -2.47. The number of hydrogen-bond donors (Lipinski definition) is 2. The van der Waals surface area contributed by atoms with Gasteiger partial charge in [-0.15, -0.1) is 0 Å². The zero-order valence-corrected chi connectivity index (χ0v) is 17.7. The van der Waals surface area contributed by atoms with E-state index >= 15 is 0 Å². The van der Waals surface area contributed by atoms with Crippen molar-refractivity contribution in [1.29, 1.82) is 5.26 Å². The number of rotatable bonds is 9. The molecule has 2 atom stereocenters. The Hall–Kier alpha value is -2.41. The molecule has 0 saturated heterocycles. The summed E-state index contributed by atoms with van der Waals surface area (Å²) in [6.07, 6.45) is 2.10. The molecule has 0 aliphatic heterocycles. The van der Waals surface area contributed by atoms with Gasteiger partial charge in [0.2, 0.25) is 15.9 Å². The first-order valence-corrected chi connectivity index (χ1v) is 11.7. The van der Waals surface area contributed by atoms with E-state index in [4.69, 9.17) is 5.26 Å². The van der Waals surface area contributed by atoms with Crippen LogP contribution in [0.2, 0.25) is 0 Å². The molecule has 6 nitrogen and oxygen atoms in total. The Kier molecular flexibility index (Phi) is 8.20. The molecule has 0 radical (unpaired) electrons. The predicted octanol–water partition coefficient (Wildman–Crippen LogP) is 2.97. The van der Waals surface area contributed by atoms with Gasteiger partial charge in [0.05, 0.1) is 17.7 Å². The lowest BCUT2D eigenvalue weighted by molar-refractivity contribution is -0.123. The number of carbonyl (C=O) groups excluding carboxylic acids is 1. The van der Waals surface area contributed by atoms with E-state index in [1.807, 2.05) is 12.3 Å². The number of hydrogen-bond acceptors (Lipinski definition) is 5. The van der Waals surface area contributed by atoms with Gasteiger partial charge < -0.3 is 5.32 Å². The normalized spacial score (nSPS) is 13.3.